The first-order valence-corrected chi connectivity index (χ1v) is 10.5. The molecule has 34 heavy (non-hydrogen) atoms. The highest BCUT2D eigenvalue weighted by atomic mass is 79.9. The highest BCUT2D eigenvalue weighted by Gasteiger charge is 2.30. The second-order valence-electron chi connectivity index (χ2n) is 6.72. The van der Waals surface area contributed by atoms with Crippen molar-refractivity contribution in [1.29, 1.82) is 0 Å². The van der Waals surface area contributed by atoms with Gasteiger partial charge in [-0.3, -0.25) is 9.59 Å². The van der Waals surface area contributed by atoms with Gasteiger partial charge in [-0.15, -0.1) is 0 Å². The Kier molecular flexibility index (Phi) is 7.72. The molecule has 0 aliphatic rings. The second kappa shape index (κ2) is 10.5. The zero-order valence-electron chi connectivity index (χ0n) is 17.6. The minimum atomic E-state index is -4.57. The number of ether oxygens (including phenoxy) is 2. The number of anilines is 1. The first-order chi connectivity index (χ1) is 16.1. The van der Waals surface area contributed by atoms with Crippen LogP contribution in [0.1, 0.15) is 23.0 Å². The minimum absolute atomic E-state index is 0.0198. The van der Waals surface area contributed by atoms with E-state index < -0.39 is 35.8 Å². The number of rotatable bonds is 7. The second-order valence-corrected chi connectivity index (χ2v) is 7.64. The number of benzene rings is 2. The van der Waals surface area contributed by atoms with Gasteiger partial charge in [0, 0.05) is 10.2 Å². The van der Waals surface area contributed by atoms with E-state index in [9.17, 15) is 27.6 Å². The number of carbonyl (C=O) groups excluding carboxylic acids is 2. The molecular weight excluding hydrogens is 523 g/mol. The number of amides is 1. The molecule has 0 aliphatic carbocycles. The Balaban J connectivity index is 1.83. The van der Waals surface area contributed by atoms with Crippen LogP contribution in [0.3, 0.4) is 0 Å². The van der Waals surface area contributed by atoms with E-state index in [0.29, 0.717) is 10.2 Å². The molecule has 0 spiro atoms. The molecule has 3 rings (SSSR count). The summed E-state index contributed by atoms with van der Waals surface area (Å²) in [6.45, 7) is 0.891. The molecule has 0 fully saturated rings. The molecule has 0 radical (unpaired) electrons. The maximum atomic E-state index is 12.9. The summed E-state index contributed by atoms with van der Waals surface area (Å²) in [7, 11) is 0. The van der Waals surface area contributed by atoms with Gasteiger partial charge in [0.2, 0.25) is 5.69 Å². The molecule has 0 saturated heterocycles. The molecule has 3 aromatic rings. The normalized spacial score (nSPS) is 11.1. The Morgan fingerprint density at radius 2 is 1.85 bits per heavy atom. The summed E-state index contributed by atoms with van der Waals surface area (Å²) in [6, 6.07) is 11.6. The van der Waals surface area contributed by atoms with E-state index in [4.69, 9.17) is 9.47 Å². The lowest BCUT2D eigenvalue weighted by Gasteiger charge is -2.13. The van der Waals surface area contributed by atoms with Crippen LogP contribution in [0, 0.1) is 0 Å². The van der Waals surface area contributed by atoms with Gasteiger partial charge in [0.05, 0.1) is 23.9 Å². The number of hydrogen-bond acceptors (Lipinski definition) is 6. The molecule has 1 aromatic heterocycles. The first-order valence-electron chi connectivity index (χ1n) is 9.76. The van der Waals surface area contributed by atoms with Crippen molar-refractivity contribution in [3.63, 3.8) is 0 Å². The maximum Gasteiger partial charge on any atom is 0.416 e. The molecule has 1 N–H and O–H groups in total. The zero-order chi connectivity index (χ0) is 24.9. The lowest BCUT2D eigenvalue weighted by molar-refractivity contribution is -0.137. The van der Waals surface area contributed by atoms with Crippen molar-refractivity contribution in [3.05, 3.63) is 80.7 Å². The summed E-state index contributed by atoms with van der Waals surface area (Å²) in [5.41, 5.74) is -1.68. The lowest BCUT2D eigenvalue weighted by Crippen LogP contribution is -2.27. The Labute approximate surface area is 199 Å². The van der Waals surface area contributed by atoms with Gasteiger partial charge < -0.3 is 14.8 Å². The largest absolute Gasteiger partial charge is 0.481 e. The molecule has 1 heterocycles. The topological polar surface area (TPSA) is 99.5 Å². The molecule has 2 aromatic carbocycles. The molecule has 0 bridgehead atoms. The summed E-state index contributed by atoms with van der Waals surface area (Å²) >= 11 is 3.29. The van der Waals surface area contributed by atoms with Crippen LogP contribution >= 0.6 is 15.9 Å². The van der Waals surface area contributed by atoms with Gasteiger partial charge in [0.1, 0.15) is 0 Å². The average molecular weight is 540 g/mol. The van der Waals surface area contributed by atoms with Crippen molar-refractivity contribution in [2.24, 2.45) is 0 Å². The number of aromatic nitrogens is 2. The van der Waals surface area contributed by atoms with E-state index in [0.717, 1.165) is 28.9 Å². The van der Waals surface area contributed by atoms with Gasteiger partial charge in [-0.05, 0) is 43.3 Å². The summed E-state index contributed by atoms with van der Waals surface area (Å²) in [4.78, 5) is 37.2. The van der Waals surface area contributed by atoms with Crippen molar-refractivity contribution in [2.75, 3.05) is 18.5 Å². The molecule has 0 saturated carbocycles. The quantitative estimate of drug-likeness (QED) is 0.451. The van der Waals surface area contributed by atoms with Crippen LogP contribution in [0.15, 0.2) is 63.9 Å². The number of carbonyl (C=O) groups is 2. The monoisotopic (exact) mass is 539 g/mol. The Morgan fingerprint density at radius 3 is 2.53 bits per heavy atom. The third kappa shape index (κ3) is 6.22. The van der Waals surface area contributed by atoms with E-state index in [-0.39, 0.29) is 23.7 Å². The van der Waals surface area contributed by atoms with Gasteiger partial charge in [-0.25, -0.2) is 4.79 Å². The van der Waals surface area contributed by atoms with Crippen molar-refractivity contribution in [2.45, 2.75) is 13.1 Å². The summed E-state index contributed by atoms with van der Waals surface area (Å²) in [6.07, 6.45) is -4.57. The highest BCUT2D eigenvalue weighted by molar-refractivity contribution is 9.10. The van der Waals surface area contributed by atoms with E-state index in [1.807, 2.05) is 0 Å². The van der Waals surface area contributed by atoms with E-state index in [1.54, 1.807) is 31.2 Å². The number of nitrogens with one attached hydrogen (secondary N) is 1. The van der Waals surface area contributed by atoms with Gasteiger partial charge in [-0.2, -0.15) is 23.0 Å². The average Bonchev–Trinajstić information content (AvgIpc) is 2.77. The summed E-state index contributed by atoms with van der Waals surface area (Å²) in [5.74, 6) is -2.02. The SMILES string of the molecule is CCOC(=O)c1nn(-c2cccc(Br)c2)c(=O)cc1OCC(=O)Nc1cccc(C(F)(F)F)c1. The fourth-order valence-electron chi connectivity index (χ4n) is 2.80. The van der Waals surface area contributed by atoms with Crippen molar-refractivity contribution < 1.29 is 32.2 Å². The van der Waals surface area contributed by atoms with Crippen molar-refractivity contribution in [3.8, 4) is 11.4 Å². The summed E-state index contributed by atoms with van der Waals surface area (Å²) in [5, 5.41) is 6.30. The third-order valence-corrected chi connectivity index (χ3v) is 4.74. The van der Waals surface area contributed by atoms with Crippen molar-refractivity contribution >= 4 is 33.5 Å². The molecule has 0 atom stereocenters. The van der Waals surface area contributed by atoms with Gasteiger partial charge >= 0.3 is 12.1 Å². The van der Waals surface area contributed by atoms with Crippen LogP contribution in [0.4, 0.5) is 18.9 Å². The van der Waals surface area contributed by atoms with Crippen LogP contribution in [-0.2, 0) is 15.7 Å². The zero-order valence-corrected chi connectivity index (χ0v) is 19.1. The predicted octanol–water partition coefficient (Wildman–Crippen LogP) is 4.21. The number of alkyl halides is 3. The lowest BCUT2D eigenvalue weighted by atomic mass is 10.2. The van der Waals surface area contributed by atoms with Crippen molar-refractivity contribution in [1.82, 2.24) is 9.78 Å². The predicted molar refractivity (Wildman–Crippen MR) is 119 cm³/mol. The standard InChI is InChI=1S/C22H17BrF3N3O5/c1-2-33-21(32)20-17(11-19(31)29(28-20)16-8-4-6-14(23)10-16)34-12-18(30)27-15-7-3-5-13(9-15)22(24,25)26/h3-11H,2,12H2,1H3,(H,27,30). The fourth-order valence-corrected chi connectivity index (χ4v) is 3.18. The molecule has 178 valence electrons. The van der Waals surface area contributed by atoms with E-state index >= 15 is 0 Å². The number of esters is 1. The molecule has 12 heteroatoms. The molecule has 1 amide bonds. The van der Waals surface area contributed by atoms with Crippen LogP contribution in [0.2, 0.25) is 0 Å². The number of nitrogens with zero attached hydrogens (tertiary/aromatic N) is 2. The maximum absolute atomic E-state index is 12.9. The van der Waals surface area contributed by atoms with E-state index in [1.165, 1.54) is 6.07 Å². The smallest absolute Gasteiger partial charge is 0.416 e. The van der Waals surface area contributed by atoms with Crippen LogP contribution in [-0.4, -0.2) is 34.9 Å². The number of hydrogen-bond donors (Lipinski definition) is 1. The third-order valence-electron chi connectivity index (χ3n) is 4.25. The molecule has 8 nitrogen and oxygen atoms in total. The Morgan fingerprint density at radius 1 is 1.12 bits per heavy atom. The van der Waals surface area contributed by atoms with Crippen LogP contribution < -0.4 is 15.6 Å². The van der Waals surface area contributed by atoms with Crippen LogP contribution in [0.5, 0.6) is 5.75 Å². The first kappa shape index (κ1) is 25.0. The molecule has 0 aliphatic heterocycles. The summed E-state index contributed by atoms with van der Waals surface area (Å²) < 4.78 is 50.5. The van der Waals surface area contributed by atoms with E-state index in [2.05, 4.69) is 26.3 Å². The minimum Gasteiger partial charge on any atom is -0.481 e. The highest BCUT2D eigenvalue weighted by Crippen LogP contribution is 2.30. The fraction of sp³-hybridized carbons (Fsp3) is 0.182. The van der Waals surface area contributed by atoms with Gasteiger partial charge in [-0.1, -0.05) is 28.1 Å². The Hall–Kier alpha value is -3.67. The Bertz CT molecular complexity index is 1280. The van der Waals surface area contributed by atoms with Gasteiger partial charge in [0.15, 0.2) is 12.4 Å². The molecule has 0 unspecified atom stereocenters. The van der Waals surface area contributed by atoms with Crippen LogP contribution in [0.25, 0.3) is 5.69 Å². The molecular formula is C22H17BrF3N3O5. The number of halogens is 4. The van der Waals surface area contributed by atoms with Gasteiger partial charge in [0.25, 0.3) is 11.5 Å².